The molecule has 0 aliphatic carbocycles. The normalized spacial score (nSPS) is 10.2. The minimum absolute atomic E-state index is 0.126. The van der Waals surface area contributed by atoms with Crippen LogP contribution in [0.25, 0.3) is 0 Å². The van der Waals surface area contributed by atoms with E-state index in [4.69, 9.17) is 16.3 Å². The Morgan fingerprint density at radius 3 is 2.43 bits per heavy atom. The van der Waals surface area contributed by atoms with Gasteiger partial charge in [-0.05, 0) is 42.8 Å². The van der Waals surface area contributed by atoms with E-state index in [1.54, 1.807) is 12.1 Å². The van der Waals surface area contributed by atoms with Crippen LogP contribution in [0.4, 0.5) is 11.4 Å². The molecular formula is C19H17ClN2O6. The van der Waals surface area contributed by atoms with E-state index < -0.39 is 29.0 Å². The number of halogens is 1. The quantitative estimate of drug-likeness (QED) is 0.307. The van der Waals surface area contributed by atoms with E-state index in [9.17, 15) is 24.5 Å². The van der Waals surface area contributed by atoms with Crippen LogP contribution in [0, 0.1) is 10.1 Å². The molecule has 0 heterocycles. The number of amides is 1. The summed E-state index contributed by atoms with van der Waals surface area (Å²) >= 11 is 5.77. The van der Waals surface area contributed by atoms with Gasteiger partial charge in [-0.3, -0.25) is 19.7 Å². The van der Waals surface area contributed by atoms with Crippen LogP contribution in [0.15, 0.2) is 42.5 Å². The second kappa shape index (κ2) is 9.61. The molecule has 0 saturated carbocycles. The summed E-state index contributed by atoms with van der Waals surface area (Å²) < 4.78 is 4.90. The predicted molar refractivity (Wildman–Crippen MR) is 103 cm³/mol. The first-order valence-corrected chi connectivity index (χ1v) is 8.73. The fourth-order valence-electron chi connectivity index (χ4n) is 2.31. The molecule has 1 amide bonds. The maximum Gasteiger partial charge on any atom is 0.345 e. The van der Waals surface area contributed by atoms with Crippen LogP contribution in [0.2, 0.25) is 5.02 Å². The minimum atomic E-state index is -1.02. The lowest BCUT2D eigenvalue weighted by Gasteiger charge is -2.07. The molecule has 0 radical (unpaired) electrons. The number of nitro groups is 1. The topological polar surface area (TPSA) is 116 Å². The zero-order valence-corrected chi connectivity index (χ0v) is 15.7. The number of ether oxygens (including phenoxy) is 1. The van der Waals surface area contributed by atoms with E-state index in [1.165, 1.54) is 18.2 Å². The number of ketones is 1. The first-order valence-electron chi connectivity index (χ1n) is 8.36. The molecule has 0 aliphatic heterocycles. The Hall–Kier alpha value is -3.26. The van der Waals surface area contributed by atoms with Gasteiger partial charge in [0, 0.05) is 28.8 Å². The number of hydrogen-bond acceptors (Lipinski definition) is 6. The maximum atomic E-state index is 12.2. The largest absolute Gasteiger partial charge is 0.454 e. The van der Waals surface area contributed by atoms with Gasteiger partial charge in [-0.15, -0.1) is 0 Å². The molecule has 0 unspecified atom stereocenters. The van der Waals surface area contributed by atoms with Gasteiger partial charge in [0.15, 0.2) is 12.4 Å². The van der Waals surface area contributed by atoms with Crippen molar-refractivity contribution >= 4 is 40.6 Å². The summed E-state index contributed by atoms with van der Waals surface area (Å²) in [5.41, 5.74) is 0.0109. The zero-order valence-electron chi connectivity index (χ0n) is 14.9. The summed E-state index contributed by atoms with van der Waals surface area (Å²) in [4.78, 5) is 46.1. The number of nitrogens with zero attached hydrogens (tertiary/aromatic N) is 1. The highest BCUT2D eigenvalue weighted by Gasteiger charge is 2.22. The van der Waals surface area contributed by atoms with Crippen molar-refractivity contribution in [2.75, 3.05) is 11.9 Å². The van der Waals surface area contributed by atoms with Crippen molar-refractivity contribution in [1.82, 2.24) is 0 Å². The van der Waals surface area contributed by atoms with E-state index in [-0.39, 0.29) is 22.1 Å². The molecule has 0 saturated heterocycles. The monoisotopic (exact) mass is 404 g/mol. The summed E-state index contributed by atoms with van der Waals surface area (Å²) in [7, 11) is 0. The third-order valence-corrected chi connectivity index (χ3v) is 3.91. The molecule has 0 fully saturated rings. The maximum absolute atomic E-state index is 12.2. The number of rotatable bonds is 8. The fourth-order valence-corrected chi connectivity index (χ4v) is 2.49. The molecule has 0 atom stereocenters. The second-order valence-electron chi connectivity index (χ2n) is 5.79. The Bertz CT molecular complexity index is 911. The van der Waals surface area contributed by atoms with Crippen molar-refractivity contribution in [3.8, 4) is 0 Å². The number of hydrogen-bond donors (Lipinski definition) is 1. The van der Waals surface area contributed by atoms with Crippen molar-refractivity contribution < 1.29 is 24.0 Å². The van der Waals surface area contributed by atoms with Crippen LogP contribution < -0.4 is 5.32 Å². The molecule has 8 nitrogen and oxygen atoms in total. The van der Waals surface area contributed by atoms with Crippen molar-refractivity contribution in [2.45, 2.75) is 19.8 Å². The minimum Gasteiger partial charge on any atom is -0.454 e. The summed E-state index contributed by atoms with van der Waals surface area (Å²) in [5.74, 6) is -1.64. The van der Waals surface area contributed by atoms with Gasteiger partial charge in [0.05, 0.1) is 4.92 Å². The number of benzene rings is 2. The van der Waals surface area contributed by atoms with E-state index >= 15 is 0 Å². The summed E-state index contributed by atoms with van der Waals surface area (Å²) in [5, 5.41) is 13.8. The average Bonchev–Trinajstić information content (AvgIpc) is 2.66. The molecule has 0 aliphatic rings. The third-order valence-electron chi connectivity index (χ3n) is 3.68. The lowest BCUT2D eigenvalue weighted by Crippen LogP contribution is -2.15. The van der Waals surface area contributed by atoms with Gasteiger partial charge in [-0.1, -0.05) is 18.5 Å². The molecule has 0 spiro atoms. The summed E-state index contributed by atoms with van der Waals surface area (Å²) in [6, 6.07) is 9.57. The van der Waals surface area contributed by atoms with Gasteiger partial charge in [0.2, 0.25) is 5.91 Å². The van der Waals surface area contributed by atoms with E-state index in [2.05, 4.69) is 5.32 Å². The first-order chi connectivity index (χ1) is 13.3. The van der Waals surface area contributed by atoms with Crippen LogP contribution >= 0.6 is 11.6 Å². The zero-order chi connectivity index (χ0) is 20.7. The number of Topliss-reactive ketones (excluding diaryl/α,β-unsaturated/α-hetero) is 1. The number of nitrogens with one attached hydrogen (secondary N) is 1. The number of carbonyl (C=O) groups is 3. The molecule has 9 heteroatoms. The Morgan fingerprint density at radius 2 is 1.82 bits per heavy atom. The van der Waals surface area contributed by atoms with E-state index in [0.29, 0.717) is 12.1 Å². The third kappa shape index (κ3) is 5.62. The van der Waals surface area contributed by atoms with Gasteiger partial charge >= 0.3 is 5.97 Å². The molecule has 0 bridgehead atoms. The molecular weight excluding hydrogens is 388 g/mol. The SMILES string of the molecule is CCCC(=O)Nc1ccc(C(=O)COC(=O)c2cc(Cl)ccc2[N+](=O)[O-])cc1. The Balaban J connectivity index is 2.00. The number of nitro benzene ring substituents is 1. The van der Waals surface area contributed by atoms with Crippen LogP contribution in [0.3, 0.4) is 0 Å². The standard InChI is InChI=1S/C19H17ClN2O6/c1-2-3-18(24)21-14-7-4-12(5-8-14)17(23)11-28-19(25)15-10-13(20)6-9-16(15)22(26)27/h4-10H,2-3,11H2,1H3,(H,21,24). The highest BCUT2D eigenvalue weighted by Crippen LogP contribution is 2.23. The smallest absolute Gasteiger partial charge is 0.345 e. The van der Waals surface area contributed by atoms with Crippen molar-refractivity contribution in [3.63, 3.8) is 0 Å². The summed E-state index contributed by atoms with van der Waals surface area (Å²) in [6.07, 6.45) is 1.12. The van der Waals surface area contributed by atoms with Crippen LogP contribution in [0.1, 0.15) is 40.5 Å². The van der Waals surface area contributed by atoms with Crippen LogP contribution in [0.5, 0.6) is 0 Å². The molecule has 2 rings (SSSR count). The lowest BCUT2D eigenvalue weighted by atomic mass is 10.1. The number of esters is 1. The Kier molecular flexibility index (Phi) is 7.22. The van der Waals surface area contributed by atoms with Crippen molar-refractivity contribution in [1.29, 1.82) is 0 Å². The molecule has 2 aromatic carbocycles. The van der Waals surface area contributed by atoms with Gasteiger partial charge in [0.25, 0.3) is 5.69 Å². The van der Waals surface area contributed by atoms with Crippen LogP contribution in [-0.4, -0.2) is 29.2 Å². The van der Waals surface area contributed by atoms with E-state index in [0.717, 1.165) is 18.6 Å². The number of carbonyl (C=O) groups excluding carboxylic acids is 3. The Morgan fingerprint density at radius 1 is 1.14 bits per heavy atom. The summed E-state index contributed by atoms with van der Waals surface area (Å²) in [6.45, 7) is 1.30. The first kappa shape index (κ1) is 21.0. The molecule has 28 heavy (non-hydrogen) atoms. The molecule has 146 valence electrons. The molecule has 2 aromatic rings. The average molecular weight is 405 g/mol. The van der Waals surface area contributed by atoms with Gasteiger partial charge in [-0.2, -0.15) is 0 Å². The van der Waals surface area contributed by atoms with Crippen molar-refractivity contribution in [3.05, 3.63) is 68.7 Å². The van der Waals surface area contributed by atoms with Gasteiger partial charge in [-0.25, -0.2) is 4.79 Å². The van der Waals surface area contributed by atoms with Crippen molar-refractivity contribution in [2.24, 2.45) is 0 Å². The van der Waals surface area contributed by atoms with Gasteiger partial charge in [0.1, 0.15) is 5.56 Å². The second-order valence-corrected chi connectivity index (χ2v) is 6.23. The number of anilines is 1. The lowest BCUT2D eigenvalue weighted by molar-refractivity contribution is -0.385. The van der Waals surface area contributed by atoms with Crippen LogP contribution in [-0.2, 0) is 9.53 Å². The predicted octanol–water partition coefficient (Wildman–Crippen LogP) is 4.03. The molecule has 0 aromatic heterocycles. The molecule has 1 N–H and O–H groups in total. The Labute approximate surface area is 165 Å². The fraction of sp³-hybridized carbons (Fsp3) is 0.211. The van der Waals surface area contributed by atoms with E-state index in [1.807, 2.05) is 6.92 Å². The highest BCUT2D eigenvalue weighted by molar-refractivity contribution is 6.31. The van der Waals surface area contributed by atoms with Gasteiger partial charge < -0.3 is 10.1 Å². The highest BCUT2D eigenvalue weighted by atomic mass is 35.5.